The van der Waals surface area contributed by atoms with Gasteiger partial charge in [0.05, 0.1) is 7.11 Å². The van der Waals surface area contributed by atoms with Crippen LogP contribution in [-0.4, -0.2) is 7.11 Å². The Balaban J connectivity index is 2.05. The molecular weight excluding hydrogens is 250 g/mol. The summed E-state index contributed by atoms with van der Waals surface area (Å²) in [6.45, 7) is 1.63. The number of hydrogen-bond donors (Lipinski definition) is 0. The highest BCUT2D eigenvalue weighted by atomic mass is 19.1. The zero-order chi connectivity index (χ0) is 13.8. The van der Waals surface area contributed by atoms with E-state index in [0.29, 0.717) is 0 Å². The Hall–Kier alpha value is -2.10. The van der Waals surface area contributed by atoms with Crippen molar-refractivity contribution in [3.8, 4) is 11.5 Å². The molecule has 0 aliphatic carbocycles. The van der Waals surface area contributed by atoms with Gasteiger partial charge < -0.3 is 9.47 Å². The highest BCUT2D eigenvalue weighted by Crippen LogP contribution is 2.21. The molecule has 0 aromatic heterocycles. The molecule has 0 N–H and O–H groups in total. The summed E-state index contributed by atoms with van der Waals surface area (Å²) >= 11 is 0. The first kappa shape index (κ1) is 13.3. The maximum Gasteiger partial charge on any atom is 0.132 e. The van der Waals surface area contributed by atoms with Crippen LogP contribution in [0.2, 0.25) is 0 Å². The molecule has 2 nitrogen and oxygen atoms in total. The first-order chi connectivity index (χ1) is 9.10. The standard InChI is InChI=1S/C15H14F2O2/c1-10-14(16)7-13(8-15(10)17)19-9-11-3-5-12(18-2)6-4-11/h3-8H,9H2,1-2H3. The van der Waals surface area contributed by atoms with Crippen LogP contribution in [0.25, 0.3) is 0 Å². The summed E-state index contributed by atoms with van der Waals surface area (Å²) in [5.41, 5.74) is 0.888. The number of rotatable bonds is 4. The number of halogens is 2. The molecule has 4 heteroatoms. The molecule has 0 unspecified atom stereocenters. The van der Waals surface area contributed by atoms with E-state index in [1.54, 1.807) is 19.2 Å². The largest absolute Gasteiger partial charge is 0.497 e. The number of hydrogen-bond acceptors (Lipinski definition) is 2. The minimum atomic E-state index is -0.607. The van der Waals surface area contributed by atoms with Crippen LogP contribution in [-0.2, 0) is 6.61 Å². The van der Waals surface area contributed by atoms with Crippen molar-refractivity contribution >= 4 is 0 Å². The van der Waals surface area contributed by atoms with E-state index in [0.717, 1.165) is 11.3 Å². The van der Waals surface area contributed by atoms with Gasteiger partial charge in [0.25, 0.3) is 0 Å². The zero-order valence-electron chi connectivity index (χ0n) is 10.7. The second kappa shape index (κ2) is 5.69. The van der Waals surface area contributed by atoms with Crippen LogP contribution in [0, 0.1) is 18.6 Å². The van der Waals surface area contributed by atoms with Gasteiger partial charge in [0.1, 0.15) is 29.7 Å². The van der Waals surface area contributed by atoms with E-state index in [1.807, 2.05) is 12.1 Å². The van der Waals surface area contributed by atoms with Gasteiger partial charge in [-0.3, -0.25) is 0 Å². The average molecular weight is 264 g/mol. The van der Waals surface area contributed by atoms with Gasteiger partial charge >= 0.3 is 0 Å². The lowest BCUT2D eigenvalue weighted by atomic mass is 10.2. The fourth-order valence-corrected chi connectivity index (χ4v) is 1.59. The molecule has 0 aliphatic rings. The predicted molar refractivity (Wildman–Crippen MR) is 68.4 cm³/mol. The Labute approximate surface area is 110 Å². The van der Waals surface area contributed by atoms with Crippen molar-refractivity contribution < 1.29 is 18.3 Å². The molecule has 0 bridgehead atoms. The van der Waals surface area contributed by atoms with Crippen LogP contribution in [0.1, 0.15) is 11.1 Å². The van der Waals surface area contributed by atoms with Crippen molar-refractivity contribution in [1.29, 1.82) is 0 Å². The van der Waals surface area contributed by atoms with E-state index in [1.165, 1.54) is 19.1 Å². The van der Waals surface area contributed by atoms with Crippen LogP contribution in [0.4, 0.5) is 8.78 Å². The molecule has 0 saturated heterocycles. The topological polar surface area (TPSA) is 18.5 Å². The van der Waals surface area contributed by atoms with Crippen molar-refractivity contribution in [3.63, 3.8) is 0 Å². The highest BCUT2D eigenvalue weighted by Gasteiger charge is 2.07. The van der Waals surface area contributed by atoms with Gasteiger partial charge in [-0.15, -0.1) is 0 Å². The Kier molecular flexibility index (Phi) is 4.00. The van der Waals surface area contributed by atoms with E-state index in [9.17, 15) is 8.78 Å². The molecule has 100 valence electrons. The van der Waals surface area contributed by atoms with Crippen molar-refractivity contribution in [2.75, 3.05) is 7.11 Å². The second-order valence-corrected chi connectivity index (χ2v) is 4.15. The molecule has 0 fully saturated rings. The van der Waals surface area contributed by atoms with Gasteiger partial charge in [-0.2, -0.15) is 0 Å². The molecule has 0 spiro atoms. The molecule has 2 rings (SSSR count). The van der Waals surface area contributed by atoms with E-state index in [-0.39, 0.29) is 17.9 Å². The minimum Gasteiger partial charge on any atom is -0.497 e. The van der Waals surface area contributed by atoms with Crippen molar-refractivity contribution in [2.45, 2.75) is 13.5 Å². The van der Waals surface area contributed by atoms with Gasteiger partial charge in [0, 0.05) is 17.7 Å². The SMILES string of the molecule is COc1ccc(COc2cc(F)c(C)c(F)c2)cc1. The minimum absolute atomic E-state index is 0.00297. The third-order valence-corrected chi connectivity index (χ3v) is 2.82. The maximum atomic E-state index is 13.3. The zero-order valence-corrected chi connectivity index (χ0v) is 10.7. The summed E-state index contributed by atoms with van der Waals surface area (Å²) in [5, 5.41) is 0. The Bertz CT molecular complexity index is 542. The van der Waals surface area contributed by atoms with E-state index >= 15 is 0 Å². The Morgan fingerprint density at radius 1 is 0.947 bits per heavy atom. The molecule has 19 heavy (non-hydrogen) atoms. The molecule has 2 aromatic carbocycles. The summed E-state index contributed by atoms with van der Waals surface area (Å²) in [5.74, 6) is -0.290. The fourth-order valence-electron chi connectivity index (χ4n) is 1.59. The molecule has 0 amide bonds. The molecule has 0 radical (unpaired) electrons. The highest BCUT2D eigenvalue weighted by molar-refractivity contribution is 5.31. The molecule has 0 saturated carbocycles. The first-order valence-electron chi connectivity index (χ1n) is 5.81. The molecule has 2 aromatic rings. The lowest BCUT2D eigenvalue weighted by molar-refractivity contribution is 0.302. The monoisotopic (exact) mass is 264 g/mol. The van der Waals surface area contributed by atoms with Crippen molar-refractivity contribution in [2.24, 2.45) is 0 Å². The van der Waals surface area contributed by atoms with Gasteiger partial charge in [-0.1, -0.05) is 12.1 Å². The smallest absolute Gasteiger partial charge is 0.132 e. The third kappa shape index (κ3) is 3.22. The average Bonchev–Trinajstić information content (AvgIpc) is 2.43. The van der Waals surface area contributed by atoms with Crippen LogP contribution in [0.5, 0.6) is 11.5 Å². The lowest BCUT2D eigenvalue weighted by Gasteiger charge is -2.08. The van der Waals surface area contributed by atoms with E-state index in [4.69, 9.17) is 9.47 Å². The third-order valence-electron chi connectivity index (χ3n) is 2.82. The van der Waals surface area contributed by atoms with Gasteiger partial charge in [0.2, 0.25) is 0 Å². The second-order valence-electron chi connectivity index (χ2n) is 4.15. The van der Waals surface area contributed by atoms with Crippen LogP contribution < -0.4 is 9.47 Å². The molecule has 0 aliphatic heterocycles. The number of ether oxygens (including phenoxy) is 2. The van der Waals surface area contributed by atoms with E-state index in [2.05, 4.69) is 0 Å². The van der Waals surface area contributed by atoms with Gasteiger partial charge in [-0.05, 0) is 24.6 Å². The first-order valence-corrected chi connectivity index (χ1v) is 5.81. The normalized spacial score (nSPS) is 10.3. The van der Waals surface area contributed by atoms with Crippen LogP contribution in [0.3, 0.4) is 0 Å². The maximum absolute atomic E-state index is 13.3. The van der Waals surface area contributed by atoms with E-state index < -0.39 is 11.6 Å². The van der Waals surface area contributed by atoms with Crippen LogP contribution >= 0.6 is 0 Å². The summed E-state index contributed by atoms with van der Waals surface area (Å²) in [4.78, 5) is 0. The number of methoxy groups -OCH3 is 1. The molecule has 0 atom stereocenters. The van der Waals surface area contributed by atoms with Crippen molar-refractivity contribution in [1.82, 2.24) is 0 Å². The Morgan fingerprint density at radius 3 is 2.05 bits per heavy atom. The fraction of sp³-hybridized carbons (Fsp3) is 0.200. The summed E-state index contributed by atoms with van der Waals surface area (Å²) < 4.78 is 37.1. The summed E-state index contributed by atoms with van der Waals surface area (Å²) in [7, 11) is 1.59. The summed E-state index contributed by atoms with van der Waals surface area (Å²) in [6, 6.07) is 9.63. The predicted octanol–water partition coefficient (Wildman–Crippen LogP) is 3.86. The summed E-state index contributed by atoms with van der Waals surface area (Å²) in [6.07, 6.45) is 0. The lowest BCUT2D eigenvalue weighted by Crippen LogP contribution is -1.98. The molecule has 0 heterocycles. The van der Waals surface area contributed by atoms with Crippen molar-refractivity contribution in [3.05, 3.63) is 59.2 Å². The van der Waals surface area contributed by atoms with Gasteiger partial charge in [0.15, 0.2) is 0 Å². The van der Waals surface area contributed by atoms with Crippen LogP contribution in [0.15, 0.2) is 36.4 Å². The quantitative estimate of drug-likeness (QED) is 0.834. The Morgan fingerprint density at radius 2 is 1.53 bits per heavy atom. The number of benzene rings is 2. The molecular formula is C15H14F2O2. The van der Waals surface area contributed by atoms with Gasteiger partial charge in [-0.25, -0.2) is 8.78 Å².